The molecule has 4 nitrogen and oxygen atoms in total. The first-order chi connectivity index (χ1) is 8.41. The summed E-state index contributed by atoms with van der Waals surface area (Å²) in [6.07, 6.45) is 3.41. The predicted octanol–water partition coefficient (Wildman–Crippen LogP) is 2.10. The summed E-state index contributed by atoms with van der Waals surface area (Å²) in [6.45, 7) is 9.62. The normalized spacial score (nSPS) is 11.4. The van der Waals surface area contributed by atoms with Gasteiger partial charge in [-0.05, 0) is 24.7 Å². The third-order valence-corrected chi connectivity index (χ3v) is 3.02. The SMILES string of the molecule is CC(C)CCn1ccc(=O)n(CCC(C)C)c1=O. The smallest absolute Gasteiger partial charge is 0.300 e. The van der Waals surface area contributed by atoms with Gasteiger partial charge in [0.2, 0.25) is 0 Å². The van der Waals surface area contributed by atoms with E-state index in [-0.39, 0.29) is 11.2 Å². The molecule has 0 aliphatic heterocycles. The van der Waals surface area contributed by atoms with E-state index in [0.717, 1.165) is 12.8 Å². The van der Waals surface area contributed by atoms with Gasteiger partial charge in [0.05, 0.1) is 0 Å². The van der Waals surface area contributed by atoms with Crippen LogP contribution in [0.25, 0.3) is 0 Å². The molecule has 0 saturated heterocycles. The van der Waals surface area contributed by atoms with E-state index in [9.17, 15) is 9.59 Å². The zero-order valence-electron chi connectivity index (χ0n) is 11.8. The molecule has 0 amide bonds. The van der Waals surface area contributed by atoms with Crippen LogP contribution < -0.4 is 11.2 Å². The van der Waals surface area contributed by atoms with Crippen molar-refractivity contribution in [2.75, 3.05) is 0 Å². The fourth-order valence-corrected chi connectivity index (χ4v) is 1.72. The second-order valence-corrected chi connectivity index (χ2v) is 5.65. The Labute approximate surface area is 108 Å². The molecular weight excluding hydrogens is 228 g/mol. The average Bonchev–Trinajstić information content (AvgIpc) is 2.27. The van der Waals surface area contributed by atoms with Gasteiger partial charge in [-0.15, -0.1) is 0 Å². The van der Waals surface area contributed by atoms with Crippen LogP contribution >= 0.6 is 0 Å². The largest absolute Gasteiger partial charge is 0.330 e. The van der Waals surface area contributed by atoms with E-state index in [0.29, 0.717) is 24.9 Å². The molecule has 0 aliphatic carbocycles. The molecule has 1 rings (SSSR count). The molecular formula is C14H24N2O2. The minimum absolute atomic E-state index is 0.177. The lowest BCUT2D eigenvalue weighted by atomic mass is 10.1. The standard InChI is InChI=1S/C14H24N2O2/c1-11(2)5-8-15-9-7-13(17)16(14(15)18)10-6-12(3)4/h7,9,11-12H,5-6,8,10H2,1-4H3. The van der Waals surface area contributed by atoms with E-state index in [1.54, 1.807) is 10.8 Å². The average molecular weight is 252 g/mol. The quantitative estimate of drug-likeness (QED) is 0.778. The van der Waals surface area contributed by atoms with Crippen molar-refractivity contribution in [3.05, 3.63) is 33.1 Å². The molecule has 0 saturated carbocycles. The molecule has 0 atom stereocenters. The van der Waals surface area contributed by atoms with Crippen molar-refractivity contribution in [3.63, 3.8) is 0 Å². The van der Waals surface area contributed by atoms with E-state index in [1.165, 1.54) is 10.6 Å². The molecule has 1 aromatic rings. The zero-order valence-corrected chi connectivity index (χ0v) is 11.8. The van der Waals surface area contributed by atoms with Gasteiger partial charge in [-0.2, -0.15) is 0 Å². The summed E-state index contributed by atoms with van der Waals surface area (Å²) in [6, 6.07) is 1.49. The summed E-state index contributed by atoms with van der Waals surface area (Å²) in [5.41, 5.74) is -0.370. The second kappa shape index (κ2) is 6.57. The Kier molecular flexibility index (Phi) is 5.38. The highest BCUT2D eigenvalue weighted by Gasteiger charge is 2.06. The minimum Gasteiger partial charge on any atom is -0.300 e. The monoisotopic (exact) mass is 252 g/mol. The number of hydrogen-bond donors (Lipinski definition) is 0. The highest BCUT2D eigenvalue weighted by Crippen LogP contribution is 2.01. The van der Waals surface area contributed by atoms with Crippen molar-refractivity contribution in [1.29, 1.82) is 0 Å². The molecule has 0 spiro atoms. The van der Waals surface area contributed by atoms with Crippen molar-refractivity contribution in [2.45, 2.75) is 53.6 Å². The van der Waals surface area contributed by atoms with Gasteiger partial charge in [-0.3, -0.25) is 9.36 Å². The number of rotatable bonds is 6. The Balaban J connectivity index is 2.92. The summed E-state index contributed by atoms with van der Waals surface area (Å²) >= 11 is 0. The topological polar surface area (TPSA) is 44.0 Å². The third-order valence-electron chi connectivity index (χ3n) is 3.02. The summed E-state index contributed by atoms with van der Waals surface area (Å²) in [4.78, 5) is 23.8. The molecule has 0 fully saturated rings. The van der Waals surface area contributed by atoms with Crippen LogP contribution in [0.2, 0.25) is 0 Å². The van der Waals surface area contributed by atoms with E-state index in [4.69, 9.17) is 0 Å². The lowest BCUT2D eigenvalue weighted by Gasteiger charge is -2.11. The maximum absolute atomic E-state index is 12.1. The first kappa shape index (κ1) is 14.7. The van der Waals surface area contributed by atoms with Crippen LogP contribution in [0.5, 0.6) is 0 Å². The van der Waals surface area contributed by atoms with Crippen molar-refractivity contribution in [2.24, 2.45) is 11.8 Å². The second-order valence-electron chi connectivity index (χ2n) is 5.65. The summed E-state index contributed by atoms with van der Waals surface area (Å²) in [5, 5.41) is 0. The molecule has 0 aliphatic rings. The summed E-state index contributed by atoms with van der Waals surface area (Å²) < 4.78 is 2.99. The Bertz CT molecular complexity index is 483. The van der Waals surface area contributed by atoms with Crippen LogP contribution in [0.15, 0.2) is 21.9 Å². The van der Waals surface area contributed by atoms with E-state index in [2.05, 4.69) is 27.7 Å². The Morgan fingerprint density at radius 1 is 1.00 bits per heavy atom. The van der Waals surface area contributed by atoms with Crippen LogP contribution in [0.3, 0.4) is 0 Å². The lowest BCUT2D eigenvalue weighted by Crippen LogP contribution is -2.39. The van der Waals surface area contributed by atoms with Crippen LogP contribution in [-0.2, 0) is 13.1 Å². The van der Waals surface area contributed by atoms with E-state index in [1.807, 2.05) is 0 Å². The zero-order chi connectivity index (χ0) is 13.7. The van der Waals surface area contributed by atoms with Crippen molar-refractivity contribution in [3.8, 4) is 0 Å². The number of aromatic nitrogens is 2. The predicted molar refractivity (Wildman–Crippen MR) is 73.9 cm³/mol. The van der Waals surface area contributed by atoms with E-state index < -0.39 is 0 Å². The first-order valence-corrected chi connectivity index (χ1v) is 6.72. The molecule has 18 heavy (non-hydrogen) atoms. The molecule has 0 unspecified atom stereocenters. The van der Waals surface area contributed by atoms with Gasteiger partial charge in [0.1, 0.15) is 0 Å². The van der Waals surface area contributed by atoms with Gasteiger partial charge in [0.25, 0.3) is 5.56 Å². The Hall–Kier alpha value is -1.32. The first-order valence-electron chi connectivity index (χ1n) is 6.72. The van der Waals surface area contributed by atoms with Crippen LogP contribution in [0, 0.1) is 11.8 Å². The van der Waals surface area contributed by atoms with Gasteiger partial charge >= 0.3 is 5.69 Å². The Morgan fingerprint density at radius 3 is 2.11 bits per heavy atom. The van der Waals surface area contributed by atoms with Gasteiger partial charge in [-0.1, -0.05) is 27.7 Å². The number of aryl methyl sites for hydroxylation is 1. The number of nitrogens with zero attached hydrogens (tertiary/aromatic N) is 2. The van der Waals surface area contributed by atoms with Crippen molar-refractivity contribution in [1.82, 2.24) is 9.13 Å². The fraction of sp³-hybridized carbons (Fsp3) is 0.714. The molecule has 1 aromatic heterocycles. The minimum atomic E-state index is -0.193. The highest BCUT2D eigenvalue weighted by molar-refractivity contribution is 4.86. The van der Waals surface area contributed by atoms with Crippen molar-refractivity contribution < 1.29 is 0 Å². The maximum atomic E-state index is 12.1. The van der Waals surface area contributed by atoms with Gasteiger partial charge in [0.15, 0.2) is 0 Å². The molecule has 1 heterocycles. The molecule has 0 aromatic carbocycles. The van der Waals surface area contributed by atoms with Gasteiger partial charge in [-0.25, -0.2) is 4.79 Å². The molecule has 0 radical (unpaired) electrons. The lowest BCUT2D eigenvalue weighted by molar-refractivity contribution is 0.453. The molecule has 0 N–H and O–H groups in total. The van der Waals surface area contributed by atoms with Gasteiger partial charge in [0, 0.05) is 25.4 Å². The van der Waals surface area contributed by atoms with Crippen LogP contribution in [0.4, 0.5) is 0 Å². The van der Waals surface area contributed by atoms with Crippen molar-refractivity contribution >= 4 is 0 Å². The molecule has 4 heteroatoms. The number of hydrogen-bond acceptors (Lipinski definition) is 2. The van der Waals surface area contributed by atoms with Crippen LogP contribution in [0.1, 0.15) is 40.5 Å². The fourth-order valence-electron chi connectivity index (χ4n) is 1.72. The van der Waals surface area contributed by atoms with Crippen LogP contribution in [-0.4, -0.2) is 9.13 Å². The Morgan fingerprint density at radius 2 is 1.56 bits per heavy atom. The van der Waals surface area contributed by atoms with E-state index >= 15 is 0 Å². The third kappa shape index (κ3) is 4.17. The maximum Gasteiger partial charge on any atom is 0.330 e. The molecule has 102 valence electrons. The summed E-state index contributed by atoms with van der Waals surface area (Å²) in [7, 11) is 0. The molecule has 0 bridgehead atoms. The highest BCUT2D eigenvalue weighted by atomic mass is 16.2. The van der Waals surface area contributed by atoms with Gasteiger partial charge < -0.3 is 4.57 Å². The summed E-state index contributed by atoms with van der Waals surface area (Å²) in [5.74, 6) is 1.04.